The molecule has 0 aromatic carbocycles. The minimum Gasteiger partial charge on any atom is -0.497 e. The minimum absolute atomic E-state index is 0.684. The zero-order chi connectivity index (χ0) is 12.0. The van der Waals surface area contributed by atoms with Gasteiger partial charge in [0.15, 0.2) is 0 Å². The lowest BCUT2D eigenvalue weighted by molar-refractivity contribution is 0.0859. The summed E-state index contributed by atoms with van der Waals surface area (Å²) in [5.74, 6) is 1.03. The third-order valence-corrected chi connectivity index (χ3v) is 3.28. The van der Waals surface area contributed by atoms with E-state index < -0.39 is 0 Å². The van der Waals surface area contributed by atoms with Crippen molar-refractivity contribution in [1.82, 2.24) is 9.80 Å². The molecule has 0 aromatic rings. The first-order valence-corrected chi connectivity index (χ1v) is 6.35. The second kappa shape index (κ2) is 6.92. The molecule has 0 aromatic heterocycles. The number of allylic oxidation sites excluding steroid dienone is 2. The lowest BCUT2D eigenvalue weighted by Gasteiger charge is -2.36. The number of piperazine rings is 1. The van der Waals surface area contributed by atoms with E-state index in [-0.39, 0.29) is 0 Å². The van der Waals surface area contributed by atoms with Crippen molar-refractivity contribution in [2.45, 2.75) is 33.7 Å². The summed E-state index contributed by atoms with van der Waals surface area (Å²) < 4.78 is 5.57. The number of rotatable bonds is 5. The molecule has 0 spiro atoms. The molecule has 0 unspecified atom stereocenters. The molecule has 3 nitrogen and oxygen atoms in total. The molecule has 3 heteroatoms. The molecule has 1 rings (SSSR count). The Morgan fingerprint density at radius 3 is 2.38 bits per heavy atom. The van der Waals surface area contributed by atoms with E-state index in [1.165, 1.54) is 26.2 Å². The molecule has 0 radical (unpaired) electrons. The molecular weight excluding hydrogens is 200 g/mol. The maximum atomic E-state index is 5.57. The minimum atomic E-state index is 0.684. The summed E-state index contributed by atoms with van der Waals surface area (Å²) in [4.78, 5) is 5.02. The summed E-state index contributed by atoms with van der Waals surface area (Å²) in [6.45, 7) is 15.2. The molecule has 0 saturated carbocycles. The van der Waals surface area contributed by atoms with Crippen molar-refractivity contribution < 1.29 is 4.74 Å². The zero-order valence-electron chi connectivity index (χ0n) is 11.2. The second-order valence-electron chi connectivity index (χ2n) is 4.72. The maximum absolute atomic E-state index is 5.57. The summed E-state index contributed by atoms with van der Waals surface area (Å²) in [6.07, 6.45) is 2.01. The van der Waals surface area contributed by atoms with E-state index in [9.17, 15) is 0 Å². The number of ether oxygens (including phenoxy) is 1. The highest BCUT2D eigenvalue weighted by Gasteiger charge is 2.18. The third kappa shape index (κ3) is 4.54. The van der Waals surface area contributed by atoms with Gasteiger partial charge in [0.05, 0.1) is 5.76 Å². The fourth-order valence-corrected chi connectivity index (χ4v) is 1.92. The molecule has 1 fully saturated rings. The highest BCUT2D eigenvalue weighted by molar-refractivity contribution is 4.84. The van der Waals surface area contributed by atoms with Crippen molar-refractivity contribution in [3.63, 3.8) is 0 Å². The van der Waals surface area contributed by atoms with Gasteiger partial charge in [-0.05, 0) is 27.7 Å². The van der Waals surface area contributed by atoms with E-state index >= 15 is 0 Å². The Bertz CT molecular complexity index is 218. The van der Waals surface area contributed by atoms with Crippen LogP contribution < -0.4 is 0 Å². The third-order valence-electron chi connectivity index (χ3n) is 3.28. The second-order valence-corrected chi connectivity index (χ2v) is 4.72. The Balaban J connectivity index is 2.13. The topological polar surface area (TPSA) is 15.7 Å². The predicted molar refractivity (Wildman–Crippen MR) is 68.5 cm³/mol. The van der Waals surface area contributed by atoms with Crippen LogP contribution in [0.2, 0.25) is 0 Å². The molecule has 0 aliphatic carbocycles. The summed E-state index contributed by atoms with van der Waals surface area (Å²) in [5, 5.41) is 0. The first-order chi connectivity index (χ1) is 7.63. The summed E-state index contributed by atoms with van der Waals surface area (Å²) in [5.41, 5.74) is 0. The molecule has 1 aliphatic rings. The first kappa shape index (κ1) is 13.5. The standard InChI is InChI=1S/C13H26N2O/c1-5-13(4)16-11-10-14-6-8-15(9-7-14)12(2)3/h5,12H,6-11H2,1-4H3/b13-5+. The Kier molecular flexibility index (Phi) is 5.85. The van der Waals surface area contributed by atoms with Crippen LogP contribution in [-0.2, 0) is 4.74 Å². The van der Waals surface area contributed by atoms with Gasteiger partial charge >= 0.3 is 0 Å². The average molecular weight is 226 g/mol. The van der Waals surface area contributed by atoms with Crippen LogP contribution in [0, 0.1) is 0 Å². The number of hydrogen-bond donors (Lipinski definition) is 0. The monoisotopic (exact) mass is 226 g/mol. The smallest absolute Gasteiger partial charge is 0.100 e. The van der Waals surface area contributed by atoms with E-state index in [1.54, 1.807) is 0 Å². The van der Waals surface area contributed by atoms with Gasteiger partial charge < -0.3 is 4.74 Å². The molecule has 1 saturated heterocycles. The maximum Gasteiger partial charge on any atom is 0.100 e. The SMILES string of the molecule is C/C=C(\C)OCCN1CCN(C(C)C)CC1. The van der Waals surface area contributed by atoms with Gasteiger partial charge in [0.25, 0.3) is 0 Å². The quantitative estimate of drug-likeness (QED) is 0.666. The molecule has 0 N–H and O–H groups in total. The molecule has 0 bridgehead atoms. The van der Waals surface area contributed by atoms with Crippen molar-refractivity contribution in [3.05, 3.63) is 11.8 Å². The molecule has 1 heterocycles. The largest absolute Gasteiger partial charge is 0.497 e. The van der Waals surface area contributed by atoms with E-state index in [0.29, 0.717) is 6.04 Å². The normalized spacial score (nSPS) is 20.4. The van der Waals surface area contributed by atoms with E-state index in [1.807, 2.05) is 19.9 Å². The van der Waals surface area contributed by atoms with E-state index in [2.05, 4.69) is 23.6 Å². The summed E-state index contributed by atoms with van der Waals surface area (Å²) in [7, 11) is 0. The van der Waals surface area contributed by atoms with Crippen LogP contribution in [0.25, 0.3) is 0 Å². The van der Waals surface area contributed by atoms with Crippen LogP contribution in [0.4, 0.5) is 0 Å². The fraction of sp³-hybridized carbons (Fsp3) is 0.846. The van der Waals surface area contributed by atoms with Gasteiger partial charge in [0.1, 0.15) is 6.61 Å². The van der Waals surface area contributed by atoms with Gasteiger partial charge in [-0.15, -0.1) is 0 Å². The van der Waals surface area contributed by atoms with Crippen molar-refractivity contribution >= 4 is 0 Å². The highest BCUT2D eigenvalue weighted by atomic mass is 16.5. The fourth-order valence-electron chi connectivity index (χ4n) is 1.92. The van der Waals surface area contributed by atoms with Gasteiger partial charge in [-0.2, -0.15) is 0 Å². The van der Waals surface area contributed by atoms with Crippen molar-refractivity contribution in [2.75, 3.05) is 39.3 Å². The Hall–Kier alpha value is -0.540. The van der Waals surface area contributed by atoms with Gasteiger partial charge in [-0.25, -0.2) is 0 Å². The van der Waals surface area contributed by atoms with Gasteiger partial charge in [0.2, 0.25) is 0 Å². The van der Waals surface area contributed by atoms with Gasteiger partial charge in [-0.3, -0.25) is 9.80 Å². The van der Waals surface area contributed by atoms with Crippen molar-refractivity contribution in [1.29, 1.82) is 0 Å². The zero-order valence-corrected chi connectivity index (χ0v) is 11.2. The van der Waals surface area contributed by atoms with Gasteiger partial charge in [-0.1, -0.05) is 6.08 Å². The number of nitrogens with zero attached hydrogens (tertiary/aromatic N) is 2. The van der Waals surface area contributed by atoms with E-state index in [4.69, 9.17) is 4.74 Å². The Morgan fingerprint density at radius 1 is 1.25 bits per heavy atom. The lowest BCUT2D eigenvalue weighted by atomic mass is 10.2. The highest BCUT2D eigenvalue weighted by Crippen LogP contribution is 2.05. The van der Waals surface area contributed by atoms with Crippen LogP contribution in [0.5, 0.6) is 0 Å². The molecule has 0 atom stereocenters. The first-order valence-electron chi connectivity index (χ1n) is 6.35. The Morgan fingerprint density at radius 2 is 1.88 bits per heavy atom. The average Bonchev–Trinajstić information content (AvgIpc) is 2.29. The molecule has 94 valence electrons. The van der Waals surface area contributed by atoms with Gasteiger partial charge in [0, 0.05) is 38.8 Å². The van der Waals surface area contributed by atoms with Crippen molar-refractivity contribution in [3.8, 4) is 0 Å². The predicted octanol–water partition coefficient (Wildman–Crippen LogP) is 1.95. The molecular formula is C13H26N2O. The van der Waals surface area contributed by atoms with Crippen LogP contribution in [0.1, 0.15) is 27.7 Å². The van der Waals surface area contributed by atoms with Crippen LogP contribution in [0.3, 0.4) is 0 Å². The molecule has 16 heavy (non-hydrogen) atoms. The van der Waals surface area contributed by atoms with Crippen LogP contribution in [-0.4, -0.2) is 55.2 Å². The van der Waals surface area contributed by atoms with Crippen LogP contribution in [0.15, 0.2) is 11.8 Å². The number of hydrogen-bond acceptors (Lipinski definition) is 3. The Labute approximate surface area is 100 Å². The molecule has 1 aliphatic heterocycles. The summed E-state index contributed by atoms with van der Waals surface area (Å²) >= 11 is 0. The van der Waals surface area contributed by atoms with E-state index in [0.717, 1.165) is 18.9 Å². The lowest BCUT2D eigenvalue weighted by Crippen LogP contribution is -2.49. The molecule has 0 amide bonds. The summed E-state index contributed by atoms with van der Waals surface area (Å²) in [6, 6.07) is 0.684. The van der Waals surface area contributed by atoms with Crippen molar-refractivity contribution in [2.24, 2.45) is 0 Å². The van der Waals surface area contributed by atoms with Crippen LogP contribution >= 0.6 is 0 Å².